The lowest BCUT2D eigenvalue weighted by Crippen LogP contribution is -2.44. The fraction of sp³-hybridized carbons (Fsp3) is 0.235. The summed E-state index contributed by atoms with van der Waals surface area (Å²) in [5.74, 6) is -0.00582. The first-order chi connectivity index (χ1) is 10.6. The number of hydrogen-bond acceptors (Lipinski definition) is 3. The normalized spacial score (nSPS) is 17.1. The zero-order valence-corrected chi connectivity index (χ0v) is 13.2. The number of fused-ring (bicyclic) bond motifs is 1. The molecule has 1 unspecified atom stereocenters. The van der Waals surface area contributed by atoms with Gasteiger partial charge in [0.2, 0.25) is 0 Å². The van der Waals surface area contributed by atoms with E-state index in [2.05, 4.69) is 0 Å². The number of nitrogens with zero attached hydrogens (tertiary/aromatic N) is 1. The van der Waals surface area contributed by atoms with Crippen molar-refractivity contribution in [3.05, 3.63) is 53.8 Å². The minimum Gasteiger partial charge on any atom is -0.479 e. The summed E-state index contributed by atoms with van der Waals surface area (Å²) in [6.07, 6.45) is 1.45. The molecule has 0 saturated carbocycles. The second kappa shape index (κ2) is 6.01. The van der Waals surface area contributed by atoms with E-state index in [1.807, 2.05) is 30.5 Å². The fourth-order valence-corrected chi connectivity index (χ4v) is 2.87. The summed E-state index contributed by atoms with van der Waals surface area (Å²) in [5.41, 5.74) is 1.48. The highest BCUT2D eigenvalue weighted by molar-refractivity contribution is 7.98. The van der Waals surface area contributed by atoms with Crippen LogP contribution in [0.1, 0.15) is 12.5 Å². The Bertz CT molecular complexity index is 702. The van der Waals surface area contributed by atoms with Crippen LogP contribution in [0.15, 0.2) is 47.4 Å². The van der Waals surface area contributed by atoms with Crippen molar-refractivity contribution in [3.8, 4) is 5.75 Å². The zero-order chi connectivity index (χ0) is 15.7. The van der Waals surface area contributed by atoms with Gasteiger partial charge in [-0.2, -0.15) is 0 Å². The van der Waals surface area contributed by atoms with Crippen molar-refractivity contribution >= 4 is 23.4 Å². The van der Waals surface area contributed by atoms with Crippen LogP contribution in [-0.4, -0.2) is 18.3 Å². The first kappa shape index (κ1) is 14.9. The Morgan fingerprint density at radius 3 is 2.64 bits per heavy atom. The Morgan fingerprint density at radius 2 is 1.95 bits per heavy atom. The first-order valence-electron chi connectivity index (χ1n) is 6.99. The van der Waals surface area contributed by atoms with Gasteiger partial charge in [0.05, 0.1) is 12.2 Å². The van der Waals surface area contributed by atoms with Crippen LogP contribution in [0.5, 0.6) is 5.75 Å². The summed E-state index contributed by atoms with van der Waals surface area (Å²) in [5, 5.41) is 0. The summed E-state index contributed by atoms with van der Waals surface area (Å²) in [7, 11) is 0. The molecule has 0 saturated heterocycles. The standard InChI is InChI=1S/C17H16FNO2S/c1-11-17(20)19(10-12-3-6-14(22-2)7-4-12)15-9-13(18)5-8-16(15)21-11/h3-9,11H,10H2,1-2H3. The average Bonchev–Trinajstić information content (AvgIpc) is 2.53. The number of benzene rings is 2. The molecule has 2 aromatic carbocycles. The van der Waals surface area contributed by atoms with Crippen LogP contribution in [-0.2, 0) is 11.3 Å². The molecule has 114 valence electrons. The maximum absolute atomic E-state index is 13.5. The second-order valence-corrected chi connectivity index (χ2v) is 6.02. The molecule has 0 N–H and O–H groups in total. The number of halogens is 1. The lowest BCUT2D eigenvalue weighted by Gasteiger charge is -2.33. The van der Waals surface area contributed by atoms with Gasteiger partial charge in [0.25, 0.3) is 5.91 Å². The van der Waals surface area contributed by atoms with Crippen molar-refractivity contribution in [3.63, 3.8) is 0 Å². The van der Waals surface area contributed by atoms with E-state index in [0.29, 0.717) is 18.0 Å². The Hall–Kier alpha value is -2.01. The summed E-state index contributed by atoms with van der Waals surface area (Å²) in [4.78, 5) is 15.1. The van der Waals surface area contributed by atoms with E-state index in [9.17, 15) is 9.18 Å². The van der Waals surface area contributed by atoms with Gasteiger partial charge in [-0.3, -0.25) is 4.79 Å². The number of thioether (sulfide) groups is 1. The zero-order valence-electron chi connectivity index (χ0n) is 12.4. The van der Waals surface area contributed by atoms with Gasteiger partial charge in [-0.25, -0.2) is 4.39 Å². The van der Waals surface area contributed by atoms with Crippen molar-refractivity contribution in [1.82, 2.24) is 0 Å². The minimum atomic E-state index is -0.566. The summed E-state index contributed by atoms with van der Waals surface area (Å²) < 4.78 is 19.1. The lowest BCUT2D eigenvalue weighted by molar-refractivity contribution is -0.125. The molecule has 3 nitrogen and oxygen atoms in total. The number of ether oxygens (including phenoxy) is 1. The average molecular weight is 317 g/mol. The number of carbonyl (C=O) groups is 1. The quantitative estimate of drug-likeness (QED) is 0.805. The molecule has 1 aliphatic rings. The van der Waals surface area contributed by atoms with Crippen molar-refractivity contribution in [1.29, 1.82) is 0 Å². The molecule has 0 bridgehead atoms. The molecule has 1 aliphatic heterocycles. The highest BCUT2D eigenvalue weighted by Gasteiger charge is 2.31. The molecule has 22 heavy (non-hydrogen) atoms. The number of carbonyl (C=O) groups excluding carboxylic acids is 1. The molecule has 3 rings (SSSR count). The molecule has 0 fully saturated rings. The Morgan fingerprint density at radius 1 is 1.23 bits per heavy atom. The summed E-state index contributed by atoms with van der Waals surface area (Å²) in [6, 6.07) is 12.2. The monoisotopic (exact) mass is 317 g/mol. The molecular weight excluding hydrogens is 301 g/mol. The van der Waals surface area contributed by atoms with E-state index in [4.69, 9.17) is 4.74 Å². The van der Waals surface area contributed by atoms with E-state index in [-0.39, 0.29) is 11.7 Å². The fourth-order valence-electron chi connectivity index (χ4n) is 2.46. The molecule has 0 aliphatic carbocycles. The number of hydrogen-bond donors (Lipinski definition) is 0. The predicted molar refractivity (Wildman–Crippen MR) is 85.9 cm³/mol. The van der Waals surface area contributed by atoms with Crippen molar-refractivity contribution < 1.29 is 13.9 Å². The highest BCUT2D eigenvalue weighted by Crippen LogP contribution is 2.35. The minimum absolute atomic E-state index is 0.160. The van der Waals surface area contributed by atoms with E-state index in [0.717, 1.165) is 10.5 Å². The van der Waals surface area contributed by atoms with Crippen LogP contribution in [0.4, 0.5) is 10.1 Å². The SMILES string of the molecule is CSc1ccc(CN2C(=O)C(C)Oc3ccc(F)cc32)cc1. The Kier molecular flexibility index (Phi) is 4.07. The molecule has 0 aromatic heterocycles. The van der Waals surface area contributed by atoms with Crippen LogP contribution in [0.2, 0.25) is 0 Å². The Labute approximate surface area is 133 Å². The van der Waals surface area contributed by atoms with Crippen LogP contribution in [0.3, 0.4) is 0 Å². The molecule has 1 amide bonds. The van der Waals surface area contributed by atoms with Gasteiger partial charge in [0, 0.05) is 11.0 Å². The van der Waals surface area contributed by atoms with E-state index < -0.39 is 6.10 Å². The molecule has 2 aromatic rings. The van der Waals surface area contributed by atoms with Gasteiger partial charge < -0.3 is 9.64 Å². The van der Waals surface area contributed by atoms with Crippen LogP contribution >= 0.6 is 11.8 Å². The molecule has 0 spiro atoms. The number of anilines is 1. The smallest absolute Gasteiger partial charge is 0.268 e. The van der Waals surface area contributed by atoms with Gasteiger partial charge in [0.15, 0.2) is 6.10 Å². The van der Waals surface area contributed by atoms with E-state index >= 15 is 0 Å². The molecule has 5 heteroatoms. The molecular formula is C17H16FNO2S. The maximum Gasteiger partial charge on any atom is 0.268 e. The van der Waals surface area contributed by atoms with Crippen LogP contribution in [0, 0.1) is 5.82 Å². The third-order valence-corrected chi connectivity index (χ3v) is 4.37. The number of rotatable bonds is 3. The van der Waals surface area contributed by atoms with E-state index in [1.165, 1.54) is 12.1 Å². The molecule has 1 atom stereocenters. The Balaban J connectivity index is 1.94. The third-order valence-electron chi connectivity index (χ3n) is 3.63. The van der Waals surface area contributed by atoms with Crippen LogP contribution < -0.4 is 9.64 Å². The largest absolute Gasteiger partial charge is 0.479 e. The van der Waals surface area contributed by atoms with Gasteiger partial charge >= 0.3 is 0 Å². The predicted octanol–water partition coefficient (Wildman–Crippen LogP) is 3.86. The molecule has 0 radical (unpaired) electrons. The second-order valence-electron chi connectivity index (χ2n) is 5.14. The molecule has 1 heterocycles. The van der Waals surface area contributed by atoms with Gasteiger partial charge in [-0.15, -0.1) is 11.8 Å². The third kappa shape index (κ3) is 2.81. The van der Waals surface area contributed by atoms with Crippen molar-refractivity contribution in [2.24, 2.45) is 0 Å². The summed E-state index contributed by atoms with van der Waals surface area (Å²) >= 11 is 1.66. The van der Waals surface area contributed by atoms with Gasteiger partial charge in [0.1, 0.15) is 11.6 Å². The van der Waals surface area contributed by atoms with Crippen molar-refractivity contribution in [2.45, 2.75) is 24.5 Å². The van der Waals surface area contributed by atoms with E-state index in [1.54, 1.807) is 29.7 Å². The van der Waals surface area contributed by atoms with Gasteiger partial charge in [-0.05, 0) is 43.0 Å². The maximum atomic E-state index is 13.5. The van der Waals surface area contributed by atoms with Crippen molar-refractivity contribution in [2.75, 3.05) is 11.2 Å². The first-order valence-corrected chi connectivity index (χ1v) is 8.21. The number of amides is 1. The summed E-state index contributed by atoms with van der Waals surface area (Å²) in [6.45, 7) is 2.11. The highest BCUT2D eigenvalue weighted by atomic mass is 32.2. The lowest BCUT2D eigenvalue weighted by atomic mass is 10.1. The van der Waals surface area contributed by atoms with Gasteiger partial charge in [-0.1, -0.05) is 12.1 Å². The van der Waals surface area contributed by atoms with Crippen LogP contribution in [0.25, 0.3) is 0 Å². The topological polar surface area (TPSA) is 29.5 Å².